The third kappa shape index (κ3) is 2.85. The maximum Gasteiger partial charge on any atom is 0.146 e. The fraction of sp³-hybridized carbons (Fsp3) is 0.231. The molecule has 4 heteroatoms. The van der Waals surface area contributed by atoms with Crippen LogP contribution in [0.2, 0.25) is 0 Å². The van der Waals surface area contributed by atoms with Gasteiger partial charge in [-0.25, -0.2) is 4.39 Å². The summed E-state index contributed by atoms with van der Waals surface area (Å²) >= 11 is 0. The zero-order valence-corrected chi connectivity index (χ0v) is 9.61. The summed E-state index contributed by atoms with van der Waals surface area (Å²) in [7, 11) is 0. The van der Waals surface area contributed by atoms with Crippen molar-refractivity contribution in [3.8, 4) is 0 Å². The molecule has 0 fully saturated rings. The van der Waals surface area contributed by atoms with Gasteiger partial charge in [-0.15, -0.1) is 0 Å². The van der Waals surface area contributed by atoms with E-state index in [-0.39, 0.29) is 17.5 Å². The van der Waals surface area contributed by atoms with Crippen LogP contribution in [0.25, 0.3) is 0 Å². The fourth-order valence-electron chi connectivity index (χ4n) is 1.60. The van der Waals surface area contributed by atoms with E-state index in [1.165, 1.54) is 6.07 Å². The maximum absolute atomic E-state index is 13.3. The Labute approximate surface area is 99.4 Å². The van der Waals surface area contributed by atoms with Gasteiger partial charge in [-0.05, 0) is 36.8 Å². The standard InChI is InChI=1S/C13H15FN2O/c1-9(16-8-11-3-2-6-17-11)10-4-5-13(15)12(14)7-10/h2-7,9,16H,8,15H2,1H3/t9-/m1/s1. The van der Waals surface area contributed by atoms with E-state index < -0.39 is 0 Å². The van der Waals surface area contributed by atoms with E-state index in [4.69, 9.17) is 10.2 Å². The number of hydrogen-bond donors (Lipinski definition) is 2. The van der Waals surface area contributed by atoms with Crippen LogP contribution in [0, 0.1) is 5.82 Å². The molecule has 0 saturated carbocycles. The van der Waals surface area contributed by atoms with Crippen LogP contribution in [-0.2, 0) is 6.54 Å². The van der Waals surface area contributed by atoms with E-state index in [9.17, 15) is 4.39 Å². The van der Waals surface area contributed by atoms with Crippen LogP contribution in [0.15, 0.2) is 41.0 Å². The normalized spacial score (nSPS) is 12.6. The molecule has 0 aliphatic rings. The van der Waals surface area contributed by atoms with Crippen molar-refractivity contribution >= 4 is 5.69 Å². The van der Waals surface area contributed by atoms with E-state index in [2.05, 4.69) is 5.32 Å². The summed E-state index contributed by atoms with van der Waals surface area (Å²) in [6.07, 6.45) is 1.63. The molecule has 90 valence electrons. The summed E-state index contributed by atoms with van der Waals surface area (Å²) < 4.78 is 18.5. The summed E-state index contributed by atoms with van der Waals surface area (Å²) in [6, 6.07) is 8.62. The van der Waals surface area contributed by atoms with Crippen LogP contribution < -0.4 is 11.1 Å². The first kappa shape index (κ1) is 11.7. The Hall–Kier alpha value is -1.81. The highest BCUT2D eigenvalue weighted by Gasteiger charge is 2.08. The van der Waals surface area contributed by atoms with Crippen LogP contribution in [-0.4, -0.2) is 0 Å². The molecule has 0 unspecified atom stereocenters. The minimum atomic E-state index is -0.380. The summed E-state index contributed by atoms with van der Waals surface area (Å²) in [5.41, 5.74) is 6.47. The molecule has 1 aromatic heterocycles. The Morgan fingerprint density at radius 3 is 2.88 bits per heavy atom. The number of nitrogen functional groups attached to an aromatic ring is 1. The second kappa shape index (κ2) is 5.01. The molecule has 0 amide bonds. The average molecular weight is 234 g/mol. The minimum Gasteiger partial charge on any atom is -0.468 e. The Kier molecular flexibility index (Phi) is 3.44. The first-order valence-corrected chi connectivity index (χ1v) is 5.47. The molecule has 0 spiro atoms. The topological polar surface area (TPSA) is 51.2 Å². The van der Waals surface area contributed by atoms with Gasteiger partial charge in [-0.1, -0.05) is 6.07 Å². The van der Waals surface area contributed by atoms with Gasteiger partial charge < -0.3 is 15.5 Å². The van der Waals surface area contributed by atoms with Crippen molar-refractivity contribution in [2.75, 3.05) is 5.73 Å². The summed E-state index contributed by atoms with van der Waals surface area (Å²) in [5, 5.41) is 3.25. The van der Waals surface area contributed by atoms with E-state index in [0.29, 0.717) is 6.54 Å². The summed E-state index contributed by atoms with van der Waals surface area (Å²) in [4.78, 5) is 0. The van der Waals surface area contributed by atoms with Gasteiger partial charge in [0.1, 0.15) is 11.6 Å². The molecule has 3 nitrogen and oxygen atoms in total. The zero-order valence-electron chi connectivity index (χ0n) is 9.61. The van der Waals surface area contributed by atoms with Gasteiger partial charge in [-0.2, -0.15) is 0 Å². The lowest BCUT2D eigenvalue weighted by atomic mass is 10.1. The van der Waals surface area contributed by atoms with Crippen LogP contribution in [0.5, 0.6) is 0 Å². The smallest absolute Gasteiger partial charge is 0.146 e. The second-order valence-corrected chi connectivity index (χ2v) is 3.96. The Morgan fingerprint density at radius 2 is 2.24 bits per heavy atom. The van der Waals surface area contributed by atoms with Gasteiger partial charge in [0.05, 0.1) is 18.5 Å². The number of furan rings is 1. The van der Waals surface area contributed by atoms with Crippen molar-refractivity contribution in [1.29, 1.82) is 0 Å². The number of nitrogens with two attached hydrogens (primary N) is 1. The first-order valence-electron chi connectivity index (χ1n) is 5.47. The monoisotopic (exact) mass is 234 g/mol. The van der Waals surface area contributed by atoms with E-state index in [1.54, 1.807) is 12.3 Å². The largest absolute Gasteiger partial charge is 0.468 e. The molecule has 3 N–H and O–H groups in total. The predicted molar refractivity (Wildman–Crippen MR) is 64.8 cm³/mol. The lowest BCUT2D eigenvalue weighted by Gasteiger charge is -2.13. The van der Waals surface area contributed by atoms with Gasteiger partial charge in [-0.3, -0.25) is 0 Å². The van der Waals surface area contributed by atoms with Gasteiger partial charge in [0.15, 0.2) is 0 Å². The Morgan fingerprint density at radius 1 is 1.41 bits per heavy atom. The molecular formula is C13H15FN2O. The van der Waals surface area contributed by atoms with Crippen LogP contribution in [0.1, 0.15) is 24.3 Å². The van der Waals surface area contributed by atoms with Gasteiger partial charge in [0.25, 0.3) is 0 Å². The third-order valence-corrected chi connectivity index (χ3v) is 2.69. The molecule has 0 aliphatic heterocycles. The number of rotatable bonds is 4. The van der Waals surface area contributed by atoms with Crippen molar-refractivity contribution in [2.45, 2.75) is 19.5 Å². The molecule has 1 heterocycles. The van der Waals surface area contributed by atoms with E-state index >= 15 is 0 Å². The fourth-order valence-corrected chi connectivity index (χ4v) is 1.60. The van der Waals surface area contributed by atoms with Crippen molar-refractivity contribution < 1.29 is 8.81 Å². The number of anilines is 1. The lowest BCUT2D eigenvalue weighted by Crippen LogP contribution is -2.18. The zero-order chi connectivity index (χ0) is 12.3. The number of hydrogen-bond acceptors (Lipinski definition) is 3. The van der Waals surface area contributed by atoms with Crippen molar-refractivity contribution in [3.05, 3.63) is 53.7 Å². The van der Waals surface area contributed by atoms with Crippen molar-refractivity contribution in [1.82, 2.24) is 5.32 Å². The number of benzene rings is 1. The lowest BCUT2D eigenvalue weighted by molar-refractivity contribution is 0.460. The first-order chi connectivity index (χ1) is 8.16. The van der Waals surface area contributed by atoms with Crippen molar-refractivity contribution in [3.63, 3.8) is 0 Å². The van der Waals surface area contributed by atoms with E-state index in [1.807, 2.05) is 25.1 Å². The van der Waals surface area contributed by atoms with Gasteiger partial charge >= 0.3 is 0 Å². The molecule has 2 aromatic rings. The number of nitrogens with one attached hydrogen (secondary N) is 1. The summed E-state index contributed by atoms with van der Waals surface area (Å²) in [5.74, 6) is 0.474. The predicted octanol–water partition coefficient (Wildman–Crippen LogP) is 2.85. The Bertz CT molecular complexity index is 482. The van der Waals surface area contributed by atoms with Gasteiger partial charge in [0.2, 0.25) is 0 Å². The molecule has 1 aromatic carbocycles. The highest BCUT2D eigenvalue weighted by Crippen LogP contribution is 2.18. The maximum atomic E-state index is 13.3. The molecule has 0 radical (unpaired) electrons. The number of halogens is 1. The third-order valence-electron chi connectivity index (χ3n) is 2.69. The molecule has 2 rings (SSSR count). The molecular weight excluding hydrogens is 219 g/mol. The highest BCUT2D eigenvalue weighted by molar-refractivity contribution is 5.41. The van der Waals surface area contributed by atoms with E-state index in [0.717, 1.165) is 11.3 Å². The summed E-state index contributed by atoms with van der Waals surface area (Å²) in [6.45, 7) is 2.58. The van der Waals surface area contributed by atoms with Gasteiger partial charge in [0, 0.05) is 6.04 Å². The molecule has 0 aliphatic carbocycles. The highest BCUT2D eigenvalue weighted by atomic mass is 19.1. The molecule has 0 saturated heterocycles. The van der Waals surface area contributed by atoms with Crippen LogP contribution in [0.4, 0.5) is 10.1 Å². The SMILES string of the molecule is C[C@@H](NCc1ccco1)c1ccc(N)c(F)c1. The quantitative estimate of drug-likeness (QED) is 0.800. The average Bonchev–Trinajstić information content (AvgIpc) is 2.82. The Balaban J connectivity index is 1.99. The van der Waals surface area contributed by atoms with Crippen LogP contribution in [0.3, 0.4) is 0 Å². The van der Waals surface area contributed by atoms with Crippen molar-refractivity contribution in [2.24, 2.45) is 0 Å². The molecule has 1 atom stereocenters. The molecule has 0 bridgehead atoms. The molecule has 17 heavy (non-hydrogen) atoms. The second-order valence-electron chi connectivity index (χ2n) is 3.96. The van der Waals surface area contributed by atoms with Crippen LogP contribution >= 0.6 is 0 Å². The minimum absolute atomic E-state index is 0.0372.